The number of aliphatic imine (C=N–C) groups is 1. The number of rotatable bonds is 5. The van der Waals surface area contributed by atoms with Gasteiger partial charge in [-0.25, -0.2) is 0 Å². The first-order valence-corrected chi connectivity index (χ1v) is 9.07. The lowest BCUT2D eigenvalue weighted by Gasteiger charge is -2.16. The smallest absolute Gasteiger partial charge is 0.231 e. The highest BCUT2D eigenvalue weighted by Crippen LogP contribution is 2.32. The molecule has 0 aliphatic carbocycles. The molecular formula is C18H25IN6O2. The van der Waals surface area contributed by atoms with E-state index in [0.29, 0.717) is 13.3 Å². The van der Waals surface area contributed by atoms with Gasteiger partial charge in [0, 0.05) is 26.6 Å². The van der Waals surface area contributed by atoms with Gasteiger partial charge in [-0.1, -0.05) is 6.07 Å². The summed E-state index contributed by atoms with van der Waals surface area (Å²) < 4.78 is 13.0. The molecule has 1 aromatic carbocycles. The van der Waals surface area contributed by atoms with Gasteiger partial charge < -0.3 is 24.7 Å². The van der Waals surface area contributed by atoms with Crippen molar-refractivity contribution in [2.75, 3.05) is 20.4 Å². The van der Waals surface area contributed by atoms with Gasteiger partial charge >= 0.3 is 0 Å². The standard InChI is InChI=1S/C18H24N6O2.HI/c1-19-18(21-11-17-23-22-16-4-2-3-9-24(16)17)20-8-7-13-5-6-14-15(10-13)26-12-25-14;/h5-6,10H,2-4,7-9,11-12H2,1H3,(H2,19,20,21);1H. The third-order valence-corrected chi connectivity index (χ3v) is 4.72. The van der Waals surface area contributed by atoms with Crippen LogP contribution >= 0.6 is 24.0 Å². The van der Waals surface area contributed by atoms with Gasteiger partial charge in [-0.05, 0) is 37.0 Å². The van der Waals surface area contributed by atoms with Crippen molar-refractivity contribution < 1.29 is 9.47 Å². The summed E-state index contributed by atoms with van der Waals surface area (Å²) in [5.74, 6) is 4.47. The van der Waals surface area contributed by atoms with Crippen molar-refractivity contribution >= 4 is 29.9 Å². The average Bonchev–Trinajstić information content (AvgIpc) is 3.31. The van der Waals surface area contributed by atoms with E-state index < -0.39 is 0 Å². The van der Waals surface area contributed by atoms with Crippen LogP contribution in [0.25, 0.3) is 0 Å². The number of halogens is 1. The van der Waals surface area contributed by atoms with Gasteiger partial charge in [0.05, 0.1) is 6.54 Å². The molecule has 0 fully saturated rings. The maximum Gasteiger partial charge on any atom is 0.231 e. The van der Waals surface area contributed by atoms with Crippen molar-refractivity contribution in [3.8, 4) is 11.5 Å². The second-order valence-electron chi connectivity index (χ2n) is 6.43. The van der Waals surface area contributed by atoms with Crippen LogP contribution in [0.1, 0.15) is 30.1 Å². The molecule has 0 saturated carbocycles. The SMILES string of the molecule is CN=C(NCCc1ccc2c(c1)OCO2)NCc1nnc2n1CCCC2.I. The Labute approximate surface area is 175 Å². The summed E-state index contributed by atoms with van der Waals surface area (Å²) in [5, 5.41) is 15.2. The molecular weight excluding hydrogens is 459 g/mol. The molecule has 0 amide bonds. The molecule has 4 rings (SSSR count). The Morgan fingerprint density at radius 3 is 2.96 bits per heavy atom. The molecule has 0 unspecified atom stereocenters. The molecule has 2 aromatic rings. The molecule has 2 aliphatic heterocycles. The number of aromatic nitrogens is 3. The van der Waals surface area contributed by atoms with Crippen LogP contribution in [0.2, 0.25) is 0 Å². The van der Waals surface area contributed by atoms with Gasteiger partial charge in [-0.2, -0.15) is 0 Å². The number of benzene rings is 1. The highest BCUT2D eigenvalue weighted by molar-refractivity contribution is 14.0. The lowest BCUT2D eigenvalue weighted by Crippen LogP contribution is -2.38. The molecule has 1 aromatic heterocycles. The summed E-state index contributed by atoms with van der Waals surface area (Å²) in [5.41, 5.74) is 1.20. The van der Waals surface area contributed by atoms with E-state index in [4.69, 9.17) is 9.47 Å². The minimum Gasteiger partial charge on any atom is -0.454 e. The van der Waals surface area contributed by atoms with Crippen molar-refractivity contribution in [3.05, 3.63) is 35.4 Å². The maximum absolute atomic E-state index is 5.42. The van der Waals surface area contributed by atoms with Crippen molar-refractivity contribution in [1.82, 2.24) is 25.4 Å². The van der Waals surface area contributed by atoms with E-state index >= 15 is 0 Å². The highest BCUT2D eigenvalue weighted by atomic mass is 127. The van der Waals surface area contributed by atoms with Gasteiger partial charge in [0.1, 0.15) is 5.82 Å². The zero-order valence-electron chi connectivity index (χ0n) is 15.4. The Kier molecular flexibility index (Phi) is 6.75. The minimum absolute atomic E-state index is 0. The van der Waals surface area contributed by atoms with E-state index in [9.17, 15) is 0 Å². The lowest BCUT2D eigenvalue weighted by molar-refractivity contribution is 0.174. The molecule has 0 atom stereocenters. The Morgan fingerprint density at radius 2 is 2.07 bits per heavy atom. The summed E-state index contributed by atoms with van der Waals surface area (Å²) in [6.07, 6.45) is 4.29. The molecule has 2 N–H and O–H groups in total. The molecule has 0 spiro atoms. The molecule has 3 heterocycles. The number of guanidine groups is 1. The van der Waals surface area contributed by atoms with Crippen molar-refractivity contribution in [2.45, 2.75) is 38.8 Å². The summed E-state index contributed by atoms with van der Waals surface area (Å²) >= 11 is 0. The van der Waals surface area contributed by atoms with Gasteiger partial charge in [0.15, 0.2) is 23.3 Å². The van der Waals surface area contributed by atoms with Crippen LogP contribution in [0.15, 0.2) is 23.2 Å². The number of fused-ring (bicyclic) bond motifs is 2. The molecule has 27 heavy (non-hydrogen) atoms. The minimum atomic E-state index is 0. The van der Waals surface area contributed by atoms with Crippen LogP contribution in [0.3, 0.4) is 0 Å². The topological polar surface area (TPSA) is 85.6 Å². The third kappa shape index (κ3) is 4.63. The van der Waals surface area contributed by atoms with Gasteiger partial charge in [-0.3, -0.25) is 4.99 Å². The Bertz CT molecular complexity index is 807. The van der Waals surface area contributed by atoms with E-state index in [0.717, 1.165) is 55.0 Å². The van der Waals surface area contributed by atoms with E-state index in [1.165, 1.54) is 18.4 Å². The molecule has 8 nitrogen and oxygen atoms in total. The Hall–Kier alpha value is -2.04. The second kappa shape index (κ2) is 9.25. The van der Waals surface area contributed by atoms with Crippen LogP contribution < -0.4 is 20.1 Å². The Morgan fingerprint density at radius 1 is 1.19 bits per heavy atom. The average molecular weight is 484 g/mol. The monoisotopic (exact) mass is 484 g/mol. The lowest BCUT2D eigenvalue weighted by atomic mass is 10.1. The number of aryl methyl sites for hydroxylation is 1. The first-order chi connectivity index (χ1) is 12.8. The summed E-state index contributed by atoms with van der Waals surface area (Å²) in [4.78, 5) is 4.28. The molecule has 9 heteroatoms. The van der Waals surface area contributed by atoms with Crippen molar-refractivity contribution in [2.24, 2.45) is 4.99 Å². The third-order valence-electron chi connectivity index (χ3n) is 4.72. The molecule has 0 saturated heterocycles. The van der Waals surface area contributed by atoms with Crippen LogP contribution in [0, 0.1) is 0 Å². The van der Waals surface area contributed by atoms with E-state index in [-0.39, 0.29) is 24.0 Å². The van der Waals surface area contributed by atoms with E-state index in [1.54, 1.807) is 7.05 Å². The zero-order valence-corrected chi connectivity index (χ0v) is 17.7. The highest BCUT2D eigenvalue weighted by Gasteiger charge is 2.16. The van der Waals surface area contributed by atoms with Gasteiger partial charge in [-0.15, -0.1) is 34.2 Å². The molecule has 0 bridgehead atoms. The fraction of sp³-hybridized carbons (Fsp3) is 0.500. The normalized spacial score (nSPS) is 15.1. The fourth-order valence-corrected chi connectivity index (χ4v) is 3.30. The Balaban J connectivity index is 0.00000210. The van der Waals surface area contributed by atoms with E-state index in [1.807, 2.05) is 12.1 Å². The van der Waals surface area contributed by atoms with Gasteiger partial charge in [0.25, 0.3) is 0 Å². The fourth-order valence-electron chi connectivity index (χ4n) is 3.30. The zero-order chi connectivity index (χ0) is 17.8. The number of hydrogen-bond acceptors (Lipinski definition) is 5. The predicted molar refractivity (Wildman–Crippen MR) is 113 cm³/mol. The second-order valence-corrected chi connectivity index (χ2v) is 6.43. The molecule has 0 radical (unpaired) electrons. The predicted octanol–water partition coefficient (Wildman–Crippen LogP) is 1.87. The van der Waals surface area contributed by atoms with Crippen LogP contribution in [-0.2, 0) is 25.9 Å². The number of nitrogens with one attached hydrogen (secondary N) is 2. The summed E-state index contributed by atoms with van der Waals surface area (Å²) in [6.45, 7) is 2.71. The van der Waals surface area contributed by atoms with Crippen molar-refractivity contribution in [3.63, 3.8) is 0 Å². The first kappa shape index (κ1) is 19.7. The molecule has 2 aliphatic rings. The first-order valence-electron chi connectivity index (χ1n) is 9.07. The van der Waals surface area contributed by atoms with Crippen molar-refractivity contribution in [1.29, 1.82) is 0 Å². The summed E-state index contributed by atoms with van der Waals surface area (Å²) in [7, 11) is 1.77. The summed E-state index contributed by atoms with van der Waals surface area (Å²) in [6, 6.07) is 6.05. The van der Waals surface area contributed by atoms with E-state index in [2.05, 4.69) is 36.5 Å². The largest absolute Gasteiger partial charge is 0.454 e. The number of ether oxygens (including phenoxy) is 2. The number of hydrogen-bond donors (Lipinski definition) is 2. The van der Waals surface area contributed by atoms with Gasteiger partial charge in [0.2, 0.25) is 6.79 Å². The van der Waals surface area contributed by atoms with Crippen LogP contribution in [0.4, 0.5) is 0 Å². The molecule has 146 valence electrons. The number of nitrogens with zero attached hydrogens (tertiary/aromatic N) is 4. The van der Waals surface area contributed by atoms with Crippen LogP contribution in [0.5, 0.6) is 11.5 Å². The quantitative estimate of drug-likeness (QED) is 0.383. The van der Waals surface area contributed by atoms with Crippen LogP contribution in [-0.4, -0.2) is 41.1 Å². The maximum atomic E-state index is 5.42.